The molecule has 1 atom stereocenters. The number of carbonyl (C=O) groups is 3. The molecule has 0 spiro atoms. The van der Waals surface area contributed by atoms with Crippen molar-refractivity contribution < 1.29 is 23.9 Å². The summed E-state index contributed by atoms with van der Waals surface area (Å²) in [6.07, 6.45) is 0. The summed E-state index contributed by atoms with van der Waals surface area (Å²) < 4.78 is 10.4. The largest absolute Gasteiger partial charge is 0.497 e. The number of primary amides is 1. The molecule has 2 rings (SSSR count). The number of amides is 2. The van der Waals surface area contributed by atoms with Gasteiger partial charge in [0.15, 0.2) is 0 Å². The molecule has 0 radical (unpaired) electrons. The van der Waals surface area contributed by atoms with Gasteiger partial charge in [-0.15, -0.1) is 0 Å². The molecule has 1 unspecified atom stereocenters. The van der Waals surface area contributed by atoms with Crippen LogP contribution in [0, 0.1) is 5.92 Å². The predicted molar refractivity (Wildman–Crippen MR) is 111 cm³/mol. The lowest BCUT2D eigenvalue weighted by atomic mass is 10.0. The van der Waals surface area contributed by atoms with E-state index in [1.807, 2.05) is 0 Å². The number of nitrogens with one attached hydrogen (secondary N) is 1. The Bertz CT molecular complexity index is 914. The Hall–Kier alpha value is -3.00. The minimum atomic E-state index is -0.810. The van der Waals surface area contributed by atoms with E-state index in [1.165, 1.54) is 14.2 Å². The Morgan fingerprint density at radius 3 is 2.28 bits per heavy atom. The van der Waals surface area contributed by atoms with Gasteiger partial charge in [0.25, 0.3) is 5.91 Å². The van der Waals surface area contributed by atoms with Crippen LogP contribution in [0.2, 0.25) is 0 Å². The maximum atomic E-state index is 12.9. The van der Waals surface area contributed by atoms with Crippen molar-refractivity contribution in [1.29, 1.82) is 0 Å². The van der Waals surface area contributed by atoms with E-state index in [9.17, 15) is 14.4 Å². The van der Waals surface area contributed by atoms with Gasteiger partial charge in [-0.1, -0.05) is 26.0 Å². The van der Waals surface area contributed by atoms with E-state index < -0.39 is 17.9 Å². The van der Waals surface area contributed by atoms with E-state index in [-0.39, 0.29) is 16.6 Å². The summed E-state index contributed by atoms with van der Waals surface area (Å²) in [7, 11) is 2.98. The summed E-state index contributed by atoms with van der Waals surface area (Å²) in [6.45, 7) is 3.57. The number of thioether (sulfide) groups is 1. The van der Waals surface area contributed by atoms with Crippen molar-refractivity contribution >= 4 is 28.7 Å². The molecule has 2 aromatic carbocycles. The lowest BCUT2D eigenvalue weighted by molar-refractivity contribution is -0.120. The number of hydrogen-bond acceptors (Lipinski definition) is 6. The van der Waals surface area contributed by atoms with Crippen molar-refractivity contribution in [3.05, 3.63) is 53.6 Å². The lowest BCUT2D eigenvalue weighted by Gasteiger charge is -2.19. The molecule has 0 fully saturated rings. The third kappa shape index (κ3) is 5.51. The summed E-state index contributed by atoms with van der Waals surface area (Å²) in [5.41, 5.74) is 5.98. The topological polar surface area (TPSA) is 108 Å². The fraction of sp³-hybridized carbons (Fsp3) is 0.286. The van der Waals surface area contributed by atoms with Crippen molar-refractivity contribution in [3.8, 4) is 11.5 Å². The monoisotopic (exact) mass is 416 g/mol. The van der Waals surface area contributed by atoms with Crippen LogP contribution >= 0.6 is 11.8 Å². The highest BCUT2D eigenvalue weighted by Crippen LogP contribution is 2.32. The van der Waals surface area contributed by atoms with Crippen LogP contribution in [0.25, 0.3) is 0 Å². The molecule has 0 saturated heterocycles. The van der Waals surface area contributed by atoms with Gasteiger partial charge in [0.2, 0.25) is 11.0 Å². The quantitative estimate of drug-likeness (QED) is 0.641. The molecule has 2 amide bonds. The second kappa shape index (κ2) is 9.97. The van der Waals surface area contributed by atoms with Crippen molar-refractivity contribution in [3.63, 3.8) is 0 Å². The molecule has 154 valence electrons. The van der Waals surface area contributed by atoms with Crippen molar-refractivity contribution in [1.82, 2.24) is 5.32 Å². The second-order valence-electron chi connectivity index (χ2n) is 6.55. The molecule has 7 nitrogen and oxygen atoms in total. The molecule has 8 heteroatoms. The highest BCUT2D eigenvalue weighted by Gasteiger charge is 2.24. The van der Waals surface area contributed by atoms with E-state index >= 15 is 0 Å². The minimum absolute atomic E-state index is 0.168. The molecule has 0 aliphatic heterocycles. The van der Waals surface area contributed by atoms with Crippen LogP contribution < -0.4 is 20.5 Å². The van der Waals surface area contributed by atoms with Crippen LogP contribution in [0.5, 0.6) is 11.5 Å². The number of methoxy groups -OCH3 is 2. The van der Waals surface area contributed by atoms with E-state index in [2.05, 4.69) is 5.32 Å². The van der Waals surface area contributed by atoms with Gasteiger partial charge in [-0.3, -0.25) is 14.4 Å². The smallest absolute Gasteiger partial charge is 0.253 e. The van der Waals surface area contributed by atoms with Crippen LogP contribution in [0.3, 0.4) is 0 Å². The molecule has 0 aromatic heterocycles. The molecule has 0 bridgehead atoms. The van der Waals surface area contributed by atoms with Gasteiger partial charge >= 0.3 is 0 Å². The molecular weight excluding hydrogens is 392 g/mol. The summed E-state index contributed by atoms with van der Waals surface area (Å²) in [4.78, 5) is 37.7. The molecule has 0 saturated carbocycles. The van der Waals surface area contributed by atoms with Gasteiger partial charge in [-0.2, -0.15) is 0 Å². The average Bonchev–Trinajstić information content (AvgIpc) is 2.71. The first-order valence-electron chi connectivity index (χ1n) is 8.91. The molecule has 0 aliphatic rings. The maximum Gasteiger partial charge on any atom is 0.253 e. The zero-order valence-corrected chi connectivity index (χ0v) is 17.5. The molecular formula is C21H24N2O5S. The van der Waals surface area contributed by atoms with Crippen LogP contribution in [-0.4, -0.2) is 37.2 Å². The van der Waals surface area contributed by atoms with Crippen molar-refractivity contribution in [2.75, 3.05) is 14.2 Å². The van der Waals surface area contributed by atoms with E-state index in [4.69, 9.17) is 15.2 Å². The number of rotatable bonds is 8. The summed E-state index contributed by atoms with van der Waals surface area (Å²) in [5, 5.41) is 2.33. The molecule has 0 heterocycles. The van der Waals surface area contributed by atoms with Gasteiger partial charge in [-0.25, -0.2) is 0 Å². The first-order valence-corrected chi connectivity index (χ1v) is 9.73. The number of hydrogen-bond donors (Lipinski definition) is 2. The highest BCUT2D eigenvalue weighted by atomic mass is 32.2. The first kappa shape index (κ1) is 22.3. The van der Waals surface area contributed by atoms with Crippen LogP contribution in [0.1, 0.15) is 34.6 Å². The SMILES string of the molecule is COc1ccc(OC)c(C(=O)Sc2ccccc2C(=O)NC(C(N)=O)C(C)C)c1. The Morgan fingerprint density at radius 1 is 1.00 bits per heavy atom. The van der Waals surface area contributed by atoms with E-state index in [0.717, 1.165) is 11.8 Å². The third-order valence-corrected chi connectivity index (χ3v) is 5.20. The minimum Gasteiger partial charge on any atom is -0.497 e. The van der Waals surface area contributed by atoms with Crippen molar-refractivity contribution in [2.24, 2.45) is 11.7 Å². The van der Waals surface area contributed by atoms with Crippen LogP contribution in [0.4, 0.5) is 0 Å². The fourth-order valence-corrected chi connectivity index (χ4v) is 3.54. The predicted octanol–water partition coefficient (Wildman–Crippen LogP) is 2.88. The summed E-state index contributed by atoms with van der Waals surface area (Å²) in [6, 6.07) is 10.8. The summed E-state index contributed by atoms with van der Waals surface area (Å²) in [5.74, 6) is -0.341. The standard InChI is InChI=1S/C21H24N2O5S/c1-12(2)18(19(22)24)23-20(25)14-7-5-6-8-17(14)29-21(26)15-11-13(27-3)9-10-16(15)28-4/h5-12,18H,1-4H3,(H2,22,24)(H,23,25). The second-order valence-corrected chi connectivity index (χ2v) is 7.56. The first-order chi connectivity index (χ1) is 13.8. The Kier molecular flexibility index (Phi) is 7.67. The maximum absolute atomic E-state index is 12.9. The van der Waals surface area contributed by atoms with Crippen molar-refractivity contribution in [2.45, 2.75) is 24.8 Å². The molecule has 2 aromatic rings. The van der Waals surface area contributed by atoms with Crippen LogP contribution in [0.15, 0.2) is 47.4 Å². The highest BCUT2D eigenvalue weighted by molar-refractivity contribution is 8.14. The zero-order chi connectivity index (χ0) is 21.6. The van der Waals surface area contributed by atoms with E-state index in [1.54, 1.807) is 56.3 Å². The van der Waals surface area contributed by atoms with Gasteiger partial charge in [0, 0.05) is 4.90 Å². The number of carbonyl (C=O) groups excluding carboxylic acids is 3. The van der Waals surface area contributed by atoms with Gasteiger partial charge < -0.3 is 20.5 Å². The van der Waals surface area contributed by atoms with E-state index in [0.29, 0.717) is 22.0 Å². The Balaban J connectivity index is 2.31. The third-order valence-electron chi connectivity index (χ3n) is 4.22. The average molecular weight is 416 g/mol. The van der Waals surface area contributed by atoms with Gasteiger partial charge in [0.05, 0.1) is 25.3 Å². The zero-order valence-electron chi connectivity index (χ0n) is 16.7. The van der Waals surface area contributed by atoms with Gasteiger partial charge in [-0.05, 0) is 48.0 Å². The van der Waals surface area contributed by atoms with Crippen LogP contribution in [-0.2, 0) is 4.79 Å². The number of nitrogens with two attached hydrogens (primary N) is 1. The number of benzene rings is 2. The molecule has 29 heavy (non-hydrogen) atoms. The Labute approximate surface area is 173 Å². The molecule has 0 aliphatic carbocycles. The van der Waals surface area contributed by atoms with Gasteiger partial charge in [0.1, 0.15) is 17.5 Å². The Morgan fingerprint density at radius 2 is 1.69 bits per heavy atom. The normalized spacial score (nSPS) is 11.6. The summed E-state index contributed by atoms with van der Waals surface area (Å²) >= 11 is 0.893. The lowest BCUT2D eigenvalue weighted by Crippen LogP contribution is -2.47. The number of ether oxygens (including phenoxy) is 2. The fourth-order valence-electron chi connectivity index (χ4n) is 2.66. The molecule has 3 N–H and O–H groups in total.